The van der Waals surface area contributed by atoms with E-state index in [9.17, 15) is 0 Å². The molecule has 54 valence electrons. The minimum absolute atomic E-state index is 0.843. The lowest BCUT2D eigenvalue weighted by atomic mass is 9.94. The maximum Gasteiger partial charge on any atom is 0.00101 e. The molecule has 0 aromatic heterocycles. The third kappa shape index (κ3) is 0.681. The molecule has 2 aliphatic rings. The first-order chi connectivity index (χ1) is 4.81. The topological polar surface area (TPSA) is 0 Å². The predicted molar refractivity (Wildman–Crippen MR) is 43.7 cm³/mol. The van der Waals surface area contributed by atoms with Crippen molar-refractivity contribution < 1.29 is 0 Å². The third-order valence-corrected chi connectivity index (χ3v) is 2.90. The van der Waals surface area contributed by atoms with E-state index >= 15 is 0 Å². The van der Waals surface area contributed by atoms with Crippen LogP contribution in [0.3, 0.4) is 0 Å². The summed E-state index contributed by atoms with van der Waals surface area (Å²) in [5.41, 5.74) is 3.30. The fraction of sp³-hybridized carbons (Fsp3) is 0.600. The van der Waals surface area contributed by atoms with Gasteiger partial charge in [-0.25, -0.2) is 0 Å². The fourth-order valence-corrected chi connectivity index (χ4v) is 2.39. The molecule has 0 aromatic rings. The van der Waals surface area contributed by atoms with E-state index in [4.69, 9.17) is 0 Å². The van der Waals surface area contributed by atoms with E-state index in [1.807, 2.05) is 0 Å². The summed E-state index contributed by atoms with van der Waals surface area (Å²) in [6.07, 6.45) is 7.52. The second-order valence-electron chi connectivity index (χ2n) is 3.53. The molecular formula is C10H14. The van der Waals surface area contributed by atoms with Crippen molar-refractivity contribution in [3.63, 3.8) is 0 Å². The molecule has 0 aliphatic heterocycles. The van der Waals surface area contributed by atoms with Crippen molar-refractivity contribution in [2.75, 3.05) is 0 Å². The number of rotatable bonds is 0. The van der Waals surface area contributed by atoms with Crippen LogP contribution >= 0.6 is 0 Å². The first kappa shape index (κ1) is 6.21. The van der Waals surface area contributed by atoms with E-state index in [0.717, 1.165) is 11.8 Å². The number of allylic oxidation sites excluding steroid dienone is 4. The molecule has 0 spiro atoms. The summed E-state index contributed by atoms with van der Waals surface area (Å²) in [5.74, 6) is 1.74. The molecule has 0 saturated heterocycles. The molecule has 0 heterocycles. The fourth-order valence-electron chi connectivity index (χ4n) is 2.39. The summed E-state index contributed by atoms with van der Waals surface area (Å²) in [4.78, 5) is 0. The van der Waals surface area contributed by atoms with E-state index in [1.54, 1.807) is 11.1 Å². The average molecular weight is 134 g/mol. The summed E-state index contributed by atoms with van der Waals surface area (Å²) in [5, 5.41) is 0. The molecule has 10 heavy (non-hydrogen) atoms. The van der Waals surface area contributed by atoms with Gasteiger partial charge in [-0.1, -0.05) is 23.3 Å². The van der Waals surface area contributed by atoms with Crippen LogP contribution in [0.1, 0.15) is 26.7 Å². The maximum atomic E-state index is 2.46. The average Bonchev–Trinajstić information content (AvgIpc) is 2.44. The lowest BCUT2D eigenvalue weighted by Gasteiger charge is -2.11. The molecule has 2 atom stereocenters. The quantitative estimate of drug-likeness (QED) is 0.447. The minimum Gasteiger partial charge on any atom is -0.0878 e. The molecule has 2 unspecified atom stereocenters. The zero-order valence-electron chi connectivity index (χ0n) is 6.72. The van der Waals surface area contributed by atoms with Gasteiger partial charge in [-0.05, 0) is 32.6 Å². The Hall–Kier alpha value is -0.520. The highest BCUT2D eigenvalue weighted by Crippen LogP contribution is 2.46. The van der Waals surface area contributed by atoms with Gasteiger partial charge >= 0.3 is 0 Å². The summed E-state index contributed by atoms with van der Waals surface area (Å²) < 4.78 is 0. The molecule has 0 aromatic carbocycles. The Morgan fingerprint density at radius 3 is 2.80 bits per heavy atom. The largest absolute Gasteiger partial charge is 0.0878 e. The van der Waals surface area contributed by atoms with E-state index in [2.05, 4.69) is 26.0 Å². The Bertz CT molecular complexity index is 208. The second-order valence-corrected chi connectivity index (χ2v) is 3.53. The summed E-state index contributed by atoms with van der Waals surface area (Å²) in [6.45, 7) is 4.44. The van der Waals surface area contributed by atoms with E-state index < -0.39 is 0 Å². The van der Waals surface area contributed by atoms with Crippen LogP contribution in [0.25, 0.3) is 0 Å². The van der Waals surface area contributed by atoms with Crippen LogP contribution in [-0.2, 0) is 0 Å². The van der Waals surface area contributed by atoms with Gasteiger partial charge in [0.15, 0.2) is 0 Å². The highest BCUT2D eigenvalue weighted by Gasteiger charge is 2.33. The van der Waals surface area contributed by atoms with Crippen LogP contribution in [0.5, 0.6) is 0 Å². The molecule has 1 fully saturated rings. The summed E-state index contributed by atoms with van der Waals surface area (Å²) in [6, 6.07) is 0. The lowest BCUT2D eigenvalue weighted by molar-refractivity contribution is 0.687. The lowest BCUT2D eigenvalue weighted by Crippen LogP contribution is -1.97. The van der Waals surface area contributed by atoms with E-state index in [0.29, 0.717) is 0 Å². The highest BCUT2D eigenvalue weighted by atomic mass is 14.4. The minimum atomic E-state index is 0.843. The monoisotopic (exact) mass is 134 g/mol. The van der Waals surface area contributed by atoms with Gasteiger partial charge in [-0.2, -0.15) is 0 Å². The maximum absolute atomic E-state index is 2.46. The number of hydrogen-bond donors (Lipinski definition) is 0. The number of hydrogen-bond acceptors (Lipinski definition) is 0. The molecule has 0 heteroatoms. The van der Waals surface area contributed by atoms with Crippen molar-refractivity contribution in [1.29, 1.82) is 0 Å². The molecule has 0 radical (unpaired) electrons. The van der Waals surface area contributed by atoms with Gasteiger partial charge in [0, 0.05) is 5.92 Å². The molecule has 2 rings (SSSR count). The zero-order valence-corrected chi connectivity index (χ0v) is 6.72. The first-order valence-corrected chi connectivity index (χ1v) is 4.14. The Morgan fingerprint density at radius 2 is 2.40 bits per heavy atom. The van der Waals surface area contributed by atoms with Gasteiger partial charge < -0.3 is 0 Å². The Labute approximate surface area is 62.6 Å². The molecule has 1 saturated carbocycles. The second kappa shape index (κ2) is 1.98. The van der Waals surface area contributed by atoms with Crippen molar-refractivity contribution in [1.82, 2.24) is 0 Å². The van der Waals surface area contributed by atoms with Gasteiger partial charge in [0.25, 0.3) is 0 Å². The Morgan fingerprint density at radius 1 is 1.60 bits per heavy atom. The SMILES string of the molecule is C/C=C1/CC2C=C(C)C1C2. The van der Waals surface area contributed by atoms with E-state index in [1.165, 1.54) is 12.8 Å². The van der Waals surface area contributed by atoms with Crippen molar-refractivity contribution >= 4 is 0 Å². The van der Waals surface area contributed by atoms with Crippen LogP contribution in [0.4, 0.5) is 0 Å². The molecule has 2 aliphatic carbocycles. The number of fused-ring (bicyclic) bond motifs is 2. The molecular weight excluding hydrogens is 120 g/mol. The molecule has 0 nitrogen and oxygen atoms in total. The van der Waals surface area contributed by atoms with Crippen molar-refractivity contribution in [2.24, 2.45) is 11.8 Å². The van der Waals surface area contributed by atoms with Gasteiger partial charge in [0.1, 0.15) is 0 Å². The van der Waals surface area contributed by atoms with Crippen molar-refractivity contribution in [3.05, 3.63) is 23.3 Å². The normalized spacial score (nSPS) is 41.0. The Balaban J connectivity index is 2.32. The summed E-state index contributed by atoms with van der Waals surface area (Å²) >= 11 is 0. The van der Waals surface area contributed by atoms with Crippen LogP contribution in [-0.4, -0.2) is 0 Å². The van der Waals surface area contributed by atoms with Crippen molar-refractivity contribution in [2.45, 2.75) is 26.7 Å². The highest BCUT2D eigenvalue weighted by molar-refractivity contribution is 5.32. The van der Waals surface area contributed by atoms with Crippen molar-refractivity contribution in [3.8, 4) is 0 Å². The van der Waals surface area contributed by atoms with Gasteiger partial charge in [-0.3, -0.25) is 0 Å². The third-order valence-electron chi connectivity index (χ3n) is 2.90. The summed E-state index contributed by atoms with van der Waals surface area (Å²) in [7, 11) is 0. The smallest absolute Gasteiger partial charge is 0.00101 e. The van der Waals surface area contributed by atoms with Gasteiger partial charge in [-0.15, -0.1) is 0 Å². The first-order valence-electron chi connectivity index (χ1n) is 4.14. The molecule has 2 bridgehead atoms. The van der Waals surface area contributed by atoms with Crippen LogP contribution < -0.4 is 0 Å². The standard InChI is InChI=1S/C10H14/c1-3-9-5-8-4-7(2)10(9)6-8/h3-4,8,10H,5-6H2,1-2H3/b9-3-. The Kier molecular flexibility index (Phi) is 1.23. The predicted octanol–water partition coefficient (Wildman–Crippen LogP) is 2.92. The van der Waals surface area contributed by atoms with Crippen LogP contribution in [0.2, 0.25) is 0 Å². The van der Waals surface area contributed by atoms with Gasteiger partial charge in [0.2, 0.25) is 0 Å². The molecule has 0 amide bonds. The molecule has 0 N–H and O–H groups in total. The zero-order chi connectivity index (χ0) is 7.14. The van der Waals surface area contributed by atoms with Crippen LogP contribution in [0, 0.1) is 11.8 Å². The van der Waals surface area contributed by atoms with E-state index in [-0.39, 0.29) is 0 Å². The van der Waals surface area contributed by atoms with Gasteiger partial charge in [0.05, 0.1) is 0 Å². The van der Waals surface area contributed by atoms with Crippen LogP contribution in [0.15, 0.2) is 23.3 Å².